The lowest BCUT2D eigenvalue weighted by atomic mass is 10.1. The van der Waals surface area contributed by atoms with E-state index in [0.29, 0.717) is 25.1 Å². The van der Waals surface area contributed by atoms with Crippen LogP contribution in [0, 0.1) is 0 Å². The third-order valence-electron chi connectivity index (χ3n) is 6.04. The number of carboxylic acids is 1. The number of rotatable bonds is 9. The van der Waals surface area contributed by atoms with Crippen LogP contribution in [0.1, 0.15) is 32.3 Å². The Morgan fingerprint density at radius 3 is 2.49 bits per heavy atom. The largest absolute Gasteiger partial charge is 0.491 e. The molecule has 1 aliphatic rings. The lowest BCUT2D eigenvalue weighted by Crippen LogP contribution is -2.44. The summed E-state index contributed by atoms with van der Waals surface area (Å²) in [5, 5.41) is 10.3. The van der Waals surface area contributed by atoms with E-state index in [2.05, 4.69) is 25.6 Å². The Kier molecular flexibility index (Phi) is 7.85. The maximum absolute atomic E-state index is 12.9. The molecule has 2 N–H and O–H groups in total. The highest BCUT2D eigenvalue weighted by Crippen LogP contribution is 2.27. The van der Waals surface area contributed by atoms with Crippen molar-refractivity contribution >= 4 is 42.8 Å². The molecule has 0 spiro atoms. The summed E-state index contributed by atoms with van der Waals surface area (Å²) in [6, 6.07) is 12.3. The SMILES string of the molecule is CC(C)Oc1ccc(S(=O)(=O)NC2CCN(Cc3cn(CC(=O)O)c4cc(Br)ccc34)CC2)cc1. The highest BCUT2D eigenvalue weighted by Gasteiger charge is 2.25. The summed E-state index contributed by atoms with van der Waals surface area (Å²) >= 11 is 3.47. The average Bonchev–Trinajstić information content (AvgIpc) is 3.10. The minimum atomic E-state index is -3.61. The molecule has 8 nitrogen and oxygen atoms in total. The van der Waals surface area contributed by atoms with E-state index < -0.39 is 16.0 Å². The van der Waals surface area contributed by atoms with E-state index in [-0.39, 0.29) is 23.6 Å². The molecular weight excluding hydrogens is 534 g/mol. The standard InChI is InChI=1S/C25H30BrN3O5S/c1-17(2)34-21-4-6-22(7-5-21)35(32,33)27-20-9-11-28(12-10-20)14-18-15-29(16-25(30)31)24-13-19(26)3-8-23(18)24/h3-8,13,15,17,20,27H,9-12,14,16H2,1-2H3,(H,30,31). The van der Waals surface area contributed by atoms with Gasteiger partial charge in [-0.3, -0.25) is 9.69 Å². The van der Waals surface area contributed by atoms with Crippen LogP contribution in [0.5, 0.6) is 5.75 Å². The average molecular weight is 565 g/mol. The van der Waals surface area contributed by atoms with Gasteiger partial charge in [-0.1, -0.05) is 22.0 Å². The molecule has 1 saturated heterocycles. The molecule has 2 heterocycles. The second-order valence-corrected chi connectivity index (χ2v) is 11.8. The van der Waals surface area contributed by atoms with Crippen LogP contribution in [0.2, 0.25) is 0 Å². The van der Waals surface area contributed by atoms with Gasteiger partial charge in [0.25, 0.3) is 0 Å². The van der Waals surface area contributed by atoms with E-state index in [9.17, 15) is 18.3 Å². The van der Waals surface area contributed by atoms with Crippen LogP contribution < -0.4 is 9.46 Å². The van der Waals surface area contributed by atoms with Gasteiger partial charge < -0.3 is 14.4 Å². The molecule has 3 aromatic rings. The van der Waals surface area contributed by atoms with E-state index in [0.717, 1.165) is 34.0 Å². The molecule has 1 fully saturated rings. The van der Waals surface area contributed by atoms with E-state index in [1.807, 2.05) is 38.2 Å². The number of carboxylic acid groups (broad SMARTS) is 1. The summed E-state index contributed by atoms with van der Waals surface area (Å²) in [6.07, 6.45) is 3.34. The third-order valence-corrected chi connectivity index (χ3v) is 8.07. The lowest BCUT2D eigenvalue weighted by Gasteiger charge is -2.32. The predicted molar refractivity (Wildman–Crippen MR) is 138 cm³/mol. The number of hydrogen-bond acceptors (Lipinski definition) is 5. The summed E-state index contributed by atoms with van der Waals surface area (Å²) in [5.41, 5.74) is 1.95. The Balaban J connectivity index is 1.38. The van der Waals surface area contributed by atoms with Crippen LogP contribution >= 0.6 is 15.9 Å². The number of benzene rings is 2. The first kappa shape index (κ1) is 25.7. The van der Waals surface area contributed by atoms with Crippen LogP contribution in [-0.4, -0.2) is 54.2 Å². The van der Waals surface area contributed by atoms with Gasteiger partial charge in [0.05, 0.1) is 11.0 Å². The maximum atomic E-state index is 12.9. The number of carbonyl (C=O) groups is 1. The zero-order valence-electron chi connectivity index (χ0n) is 19.8. The van der Waals surface area contributed by atoms with Gasteiger partial charge in [-0.15, -0.1) is 0 Å². The molecule has 0 amide bonds. The van der Waals surface area contributed by atoms with Crippen molar-refractivity contribution in [3.8, 4) is 5.75 Å². The fraction of sp³-hybridized carbons (Fsp3) is 0.400. The molecule has 0 atom stereocenters. The number of ether oxygens (including phenoxy) is 1. The summed E-state index contributed by atoms with van der Waals surface area (Å²) in [4.78, 5) is 13.8. The van der Waals surface area contributed by atoms with Crippen LogP contribution in [0.3, 0.4) is 0 Å². The normalized spacial score (nSPS) is 15.7. The van der Waals surface area contributed by atoms with Crippen molar-refractivity contribution in [2.24, 2.45) is 0 Å². The summed E-state index contributed by atoms with van der Waals surface area (Å²) in [7, 11) is -3.61. The maximum Gasteiger partial charge on any atom is 0.323 e. The van der Waals surface area contributed by atoms with Crippen molar-refractivity contribution in [1.29, 1.82) is 0 Å². The fourth-order valence-electron chi connectivity index (χ4n) is 4.45. The van der Waals surface area contributed by atoms with E-state index >= 15 is 0 Å². The number of hydrogen-bond donors (Lipinski definition) is 2. The number of piperidine rings is 1. The van der Waals surface area contributed by atoms with Crippen molar-refractivity contribution in [3.05, 3.63) is 58.7 Å². The van der Waals surface area contributed by atoms with E-state index in [4.69, 9.17) is 4.74 Å². The quantitative estimate of drug-likeness (QED) is 0.404. The molecule has 0 radical (unpaired) electrons. The van der Waals surface area contributed by atoms with Crippen LogP contribution in [0.4, 0.5) is 0 Å². The van der Waals surface area contributed by atoms with Gasteiger partial charge in [0.15, 0.2) is 0 Å². The Hall–Kier alpha value is -2.40. The molecular formula is C25H30BrN3O5S. The number of likely N-dealkylation sites (tertiary alicyclic amines) is 1. The molecule has 0 unspecified atom stereocenters. The molecule has 2 aromatic carbocycles. The summed E-state index contributed by atoms with van der Waals surface area (Å²) in [5.74, 6) is -0.243. The van der Waals surface area contributed by atoms with Crippen molar-refractivity contribution in [2.75, 3.05) is 13.1 Å². The van der Waals surface area contributed by atoms with E-state index in [1.54, 1.807) is 28.8 Å². The van der Waals surface area contributed by atoms with E-state index in [1.165, 1.54) is 0 Å². The molecule has 4 rings (SSSR count). The molecule has 0 saturated carbocycles. The Labute approximate surface area is 214 Å². The second-order valence-electron chi connectivity index (χ2n) is 9.15. The van der Waals surface area contributed by atoms with Crippen LogP contribution in [0.25, 0.3) is 10.9 Å². The van der Waals surface area contributed by atoms with Crippen molar-refractivity contribution in [3.63, 3.8) is 0 Å². The van der Waals surface area contributed by atoms with Gasteiger partial charge >= 0.3 is 5.97 Å². The molecule has 188 valence electrons. The summed E-state index contributed by atoms with van der Waals surface area (Å²) < 4.78 is 36.8. The number of nitrogens with one attached hydrogen (secondary N) is 1. The second kappa shape index (κ2) is 10.7. The van der Waals surface area contributed by atoms with Gasteiger partial charge in [-0.05, 0) is 68.7 Å². The monoisotopic (exact) mass is 563 g/mol. The van der Waals surface area contributed by atoms with Crippen LogP contribution in [0.15, 0.2) is 58.0 Å². The lowest BCUT2D eigenvalue weighted by molar-refractivity contribution is -0.137. The Morgan fingerprint density at radius 1 is 1.17 bits per heavy atom. The predicted octanol–water partition coefficient (Wildman–Crippen LogP) is 4.22. The molecule has 1 aromatic heterocycles. The number of aliphatic carboxylic acids is 1. The number of fused-ring (bicyclic) bond motifs is 1. The molecule has 1 aliphatic heterocycles. The summed E-state index contributed by atoms with van der Waals surface area (Å²) in [6.45, 7) is 5.92. The smallest absolute Gasteiger partial charge is 0.323 e. The Bertz CT molecular complexity index is 1300. The topological polar surface area (TPSA) is 101 Å². The van der Waals surface area contributed by atoms with Crippen LogP contribution in [-0.2, 0) is 27.9 Å². The first-order chi connectivity index (χ1) is 16.6. The number of aromatic nitrogens is 1. The van der Waals surface area contributed by atoms with Crippen molar-refractivity contribution in [2.45, 2.75) is 56.8 Å². The fourth-order valence-corrected chi connectivity index (χ4v) is 6.10. The molecule has 0 aliphatic carbocycles. The third kappa shape index (κ3) is 6.43. The van der Waals surface area contributed by atoms with Crippen molar-refractivity contribution < 1.29 is 23.1 Å². The highest BCUT2D eigenvalue weighted by atomic mass is 79.9. The first-order valence-electron chi connectivity index (χ1n) is 11.6. The van der Waals surface area contributed by atoms with Gasteiger partial charge in [-0.2, -0.15) is 0 Å². The highest BCUT2D eigenvalue weighted by molar-refractivity contribution is 9.10. The first-order valence-corrected chi connectivity index (χ1v) is 13.9. The van der Waals surface area contributed by atoms with Crippen molar-refractivity contribution in [1.82, 2.24) is 14.2 Å². The molecule has 0 bridgehead atoms. The minimum Gasteiger partial charge on any atom is -0.491 e. The Morgan fingerprint density at radius 2 is 1.86 bits per heavy atom. The minimum absolute atomic E-state index is 0.0244. The zero-order chi connectivity index (χ0) is 25.2. The number of nitrogens with zero attached hydrogens (tertiary/aromatic N) is 2. The number of halogens is 1. The molecule has 35 heavy (non-hydrogen) atoms. The van der Waals surface area contributed by atoms with Gasteiger partial charge in [0.2, 0.25) is 10.0 Å². The van der Waals surface area contributed by atoms with Gasteiger partial charge in [0.1, 0.15) is 12.3 Å². The molecule has 10 heteroatoms. The van der Waals surface area contributed by atoms with Gasteiger partial charge in [-0.25, -0.2) is 13.1 Å². The zero-order valence-corrected chi connectivity index (χ0v) is 22.2. The number of sulfonamides is 1. The van der Waals surface area contributed by atoms with Gasteiger partial charge in [0, 0.05) is 47.2 Å².